The minimum absolute atomic E-state index is 0.191. The molecule has 3 rings (SSSR count). The number of nitrogens with zero attached hydrogens (tertiary/aromatic N) is 2. The highest BCUT2D eigenvalue weighted by molar-refractivity contribution is 6.19. The molecule has 0 unspecified atom stereocenters. The van der Waals surface area contributed by atoms with E-state index in [1.807, 2.05) is 24.3 Å². The number of benzene rings is 1. The van der Waals surface area contributed by atoms with Crippen molar-refractivity contribution in [2.75, 3.05) is 4.90 Å². The molecule has 1 saturated heterocycles. The van der Waals surface area contributed by atoms with Crippen LogP contribution in [0.3, 0.4) is 0 Å². The predicted octanol–water partition coefficient (Wildman–Crippen LogP) is 1.22. The lowest BCUT2D eigenvalue weighted by molar-refractivity contribution is -0.121. The van der Waals surface area contributed by atoms with E-state index in [0.29, 0.717) is 5.95 Å². The highest BCUT2D eigenvalue weighted by atomic mass is 16.2. The molecule has 2 amide bonds. The van der Waals surface area contributed by atoms with Crippen molar-refractivity contribution >= 4 is 28.8 Å². The summed E-state index contributed by atoms with van der Waals surface area (Å²) in [6, 6.07) is 7.43. The molecule has 80 valence electrons. The van der Waals surface area contributed by atoms with Gasteiger partial charge in [0.1, 0.15) is 0 Å². The third-order valence-electron chi connectivity index (χ3n) is 2.64. The number of fused-ring (bicyclic) bond motifs is 1. The maximum atomic E-state index is 11.5. The number of aromatic amines is 1. The number of H-pyrrole nitrogens is 1. The first-order valence-corrected chi connectivity index (χ1v) is 5.06. The Morgan fingerprint density at radius 3 is 2.50 bits per heavy atom. The van der Waals surface area contributed by atoms with Gasteiger partial charge in [0, 0.05) is 12.8 Å². The fourth-order valence-corrected chi connectivity index (χ4v) is 1.86. The van der Waals surface area contributed by atoms with Crippen LogP contribution in [0.4, 0.5) is 5.95 Å². The second kappa shape index (κ2) is 3.16. The first-order valence-electron chi connectivity index (χ1n) is 5.06. The molecule has 1 aliphatic heterocycles. The molecular weight excluding hydrogens is 206 g/mol. The average Bonchev–Trinajstić information content (AvgIpc) is 2.82. The molecule has 0 bridgehead atoms. The van der Waals surface area contributed by atoms with Crippen molar-refractivity contribution in [3.05, 3.63) is 24.3 Å². The predicted molar refractivity (Wildman–Crippen MR) is 57.8 cm³/mol. The van der Waals surface area contributed by atoms with Crippen molar-refractivity contribution in [2.24, 2.45) is 0 Å². The van der Waals surface area contributed by atoms with Gasteiger partial charge in [-0.25, -0.2) is 9.88 Å². The van der Waals surface area contributed by atoms with E-state index in [-0.39, 0.29) is 24.7 Å². The van der Waals surface area contributed by atoms with Gasteiger partial charge in [0.2, 0.25) is 17.8 Å². The third-order valence-corrected chi connectivity index (χ3v) is 2.64. The number of aromatic nitrogens is 2. The van der Waals surface area contributed by atoms with Crippen molar-refractivity contribution in [2.45, 2.75) is 12.8 Å². The Bertz CT molecular complexity index is 539. The van der Waals surface area contributed by atoms with Gasteiger partial charge < -0.3 is 4.98 Å². The molecule has 1 aromatic heterocycles. The highest BCUT2D eigenvalue weighted by Crippen LogP contribution is 2.22. The summed E-state index contributed by atoms with van der Waals surface area (Å²) in [5, 5.41) is 0. The number of amides is 2. The molecule has 2 aromatic rings. The van der Waals surface area contributed by atoms with Crippen molar-refractivity contribution < 1.29 is 9.59 Å². The monoisotopic (exact) mass is 215 g/mol. The Kier molecular flexibility index (Phi) is 1.80. The summed E-state index contributed by atoms with van der Waals surface area (Å²) in [4.78, 5) is 31.3. The van der Waals surface area contributed by atoms with E-state index in [1.165, 1.54) is 0 Å². The molecule has 5 nitrogen and oxygen atoms in total. The lowest BCUT2D eigenvalue weighted by Gasteiger charge is -2.08. The number of carbonyl (C=O) groups is 2. The Morgan fingerprint density at radius 2 is 1.81 bits per heavy atom. The molecule has 16 heavy (non-hydrogen) atoms. The number of hydrogen-bond acceptors (Lipinski definition) is 3. The number of imidazole rings is 1. The largest absolute Gasteiger partial charge is 0.323 e. The normalized spacial score (nSPS) is 16.4. The van der Waals surface area contributed by atoms with Gasteiger partial charge in [-0.15, -0.1) is 0 Å². The summed E-state index contributed by atoms with van der Waals surface area (Å²) < 4.78 is 0. The third kappa shape index (κ3) is 1.21. The van der Waals surface area contributed by atoms with Crippen LogP contribution in [0, 0.1) is 0 Å². The van der Waals surface area contributed by atoms with Crippen LogP contribution >= 0.6 is 0 Å². The minimum atomic E-state index is -0.191. The van der Waals surface area contributed by atoms with Gasteiger partial charge in [-0.05, 0) is 12.1 Å². The second-order valence-corrected chi connectivity index (χ2v) is 3.70. The number of anilines is 1. The van der Waals surface area contributed by atoms with Crippen molar-refractivity contribution in [1.29, 1.82) is 0 Å². The molecule has 2 heterocycles. The van der Waals surface area contributed by atoms with E-state index < -0.39 is 0 Å². The van der Waals surface area contributed by atoms with Crippen LogP contribution in [0.25, 0.3) is 11.0 Å². The molecule has 1 N–H and O–H groups in total. The molecule has 0 aliphatic carbocycles. The minimum Gasteiger partial charge on any atom is -0.323 e. The fourth-order valence-electron chi connectivity index (χ4n) is 1.86. The maximum Gasteiger partial charge on any atom is 0.236 e. The molecule has 0 atom stereocenters. The molecule has 1 aliphatic rings. The zero-order valence-corrected chi connectivity index (χ0v) is 8.43. The van der Waals surface area contributed by atoms with Gasteiger partial charge in [0.05, 0.1) is 11.0 Å². The summed E-state index contributed by atoms with van der Waals surface area (Å²) in [7, 11) is 0. The summed E-state index contributed by atoms with van der Waals surface area (Å²) in [5.41, 5.74) is 1.58. The van der Waals surface area contributed by atoms with Gasteiger partial charge in [0.25, 0.3) is 0 Å². The van der Waals surface area contributed by atoms with Gasteiger partial charge in [0.15, 0.2) is 0 Å². The average molecular weight is 215 g/mol. The zero-order valence-electron chi connectivity index (χ0n) is 8.43. The second-order valence-electron chi connectivity index (χ2n) is 3.70. The van der Waals surface area contributed by atoms with Crippen LogP contribution in [0.15, 0.2) is 24.3 Å². The van der Waals surface area contributed by atoms with E-state index in [2.05, 4.69) is 9.97 Å². The van der Waals surface area contributed by atoms with Crippen LogP contribution in [0.5, 0.6) is 0 Å². The standard InChI is InChI=1S/C11H9N3O2/c15-9-5-6-10(16)14(9)11-12-7-3-1-2-4-8(7)13-11/h1-4H,5-6H2,(H,12,13). The molecule has 1 fully saturated rings. The summed E-state index contributed by atoms with van der Waals surface area (Å²) in [6.07, 6.45) is 0.547. The van der Waals surface area contributed by atoms with Crippen LogP contribution in [0.2, 0.25) is 0 Å². The Hall–Kier alpha value is -2.17. The number of carbonyl (C=O) groups excluding carboxylic acids is 2. The van der Waals surface area contributed by atoms with Crippen LogP contribution in [-0.2, 0) is 9.59 Å². The van der Waals surface area contributed by atoms with Crippen molar-refractivity contribution in [3.8, 4) is 0 Å². The van der Waals surface area contributed by atoms with Crippen LogP contribution in [0.1, 0.15) is 12.8 Å². The number of hydrogen-bond donors (Lipinski definition) is 1. The summed E-state index contributed by atoms with van der Waals surface area (Å²) in [5.74, 6) is -0.0539. The van der Waals surface area contributed by atoms with Gasteiger partial charge >= 0.3 is 0 Å². The first-order chi connectivity index (χ1) is 7.75. The Morgan fingerprint density at radius 1 is 1.12 bits per heavy atom. The van der Waals surface area contributed by atoms with Crippen molar-refractivity contribution in [3.63, 3.8) is 0 Å². The number of rotatable bonds is 1. The van der Waals surface area contributed by atoms with Gasteiger partial charge in [-0.3, -0.25) is 9.59 Å². The SMILES string of the molecule is O=C1CCC(=O)N1c1nc2ccccc2[nH]1. The quantitative estimate of drug-likeness (QED) is 0.727. The zero-order chi connectivity index (χ0) is 11.1. The molecule has 0 saturated carbocycles. The van der Waals surface area contributed by atoms with E-state index in [9.17, 15) is 9.59 Å². The molecule has 0 spiro atoms. The number of para-hydroxylation sites is 2. The first kappa shape index (κ1) is 9.08. The van der Waals surface area contributed by atoms with Crippen molar-refractivity contribution in [1.82, 2.24) is 9.97 Å². The highest BCUT2D eigenvalue weighted by Gasteiger charge is 2.32. The Labute approximate surface area is 91.1 Å². The summed E-state index contributed by atoms with van der Waals surface area (Å²) in [6.45, 7) is 0. The van der Waals surface area contributed by atoms with E-state index in [4.69, 9.17) is 0 Å². The number of nitrogens with one attached hydrogen (secondary N) is 1. The molecule has 5 heteroatoms. The molecule has 1 aromatic carbocycles. The van der Waals surface area contributed by atoms with Crippen LogP contribution in [-0.4, -0.2) is 21.8 Å². The fraction of sp³-hybridized carbons (Fsp3) is 0.182. The molecular formula is C11H9N3O2. The van der Waals surface area contributed by atoms with E-state index in [0.717, 1.165) is 15.9 Å². The Balaban J connectivity index is 2.12. The lowest BCUT2D eigenvalue weighted by Crippen LogP contribution is -2.29. The van der Waals surface area contributed by atoms with Crippen LogP contribution < -0.4 is 4.90 Å². The summed E-state index contributed by atoms with van der Waals surface area (Å²) >= 11 is 0. The van der Waals surface area contributed by atoms with Gasteiger partial charge in [-0.2, -0.15) is 0 Å². The topological polar surface area (TPSA) is 66.1 Å². The maximum absolute atomic E-state index is 11.5. The van der Waals surface area contributed by atoms with Gasteiger partial charge in [-0.1, -0.05) is 12.1 Å². The number of imide groups is 1. The smallest absolute Gasteiger partial charge is 0.236 e. The molecule has 0 radical (unpaired) electrons. The lowest BCUT2D eigenvalue weighted by atomic mass is 10.3. The van der Waals surface area contributed by atoms with E-state index in [1.54, 1.807) is 0 Å². The van der Waals surface area contributed by atoms with E-state index >= 15 is 0 Å².